The van der Waals surface area contributed by atoms with E-state index in [1.54, 1.807) is 0 Å². The lowest BCUT2D eigenvalue weighted by atomic mass is 9.86. The lowest BCUT2D eigenvalue weighted by Gasteiger charge is -2.36. The van der Waals surface area contributed by atoms with Gasteiger partial charge in [0, 0.05) is 6.54 Å². The fourth-order valence-corrected chi connectivity index (χ4v) is 2.28. The van der Waals surface area contributed by atoms with Crippen LogP contribution in [-0.4, -0.2) is 46.3 Å². The number of rotatable bonds is 4. The van der Waals surface area contributed by atoms with E-state index >= 15 is 0 Å². The third-order valence-electron chi connectivity index (χ3n) is 3.57. The number of likely N-dealkylation sites (tertiary alicyclic amines) is 1. The maximum atomic E-state index is 10.8. The van der Waals surface area contributed by atoms with Crippen LogP contribution in [0.2, 0.25) is 0 Å². The van der Waals surface area contributed by atoms with Gasteiger partial charge in [0.2, 0.25) is 0 Å². The van der Waals surface area contributed by atoms with Crippen LogP contribution in [0.5, 0.6) is 0 Å². The molecule has 1 rings (SSSR count). The van der Waals surface area contributed by atoms with Crippen molar-refractivity contribution in [2.45, 2.75) is 39.2 Å². The standard InChI is InChI=1S/C12H23NO3/c1-9(2)10-4-6-13(7-5-10)8-12(3,16)11(14)15/h9-10,16H,4-8H2,1-3H3,(H,14,15). The maximum Gasteiger partial charge on any atom is 0.336 e. The Balaban J connectivity index is 2.40. The van der Waals surface area contributed by atoms with Crippen molar-refractivity contribution in [2.24, 2.45) is 11.8 Å². The first-order chi connectivity index (χ1) is 7.33. The molecule has 0 bridgehead atoms. The van der Waals surface area contributed by atoms with Gasteiger partial charge in [0.05, 0.1) is 0 Å². The second-order valence-electron chi connectivity index (χ2n) is 5.44. The van der Waals surface area contributed by atoms with Crippen LogP contribution in [0, 0.1) is 11.8 Å². The molecular formula is C12H23NO3. The van der Waals surface area contributed by atoms with Crippen molar-refractivity contribution in [1.29, 1.82) is 0 Å². The molecule has 1 aliphatic rings. The summed E-state index contributed by atoms with van der Waals surface area (Å²) in [6, 6.07) is 0. The maximum absolute atomic E-state index is 10.8. The summed E-state index contributed by atoms with van der Waals surface area (Å²) in [5, 5.41) is 18.5. The molecule has 1 unspecified atom stereocenters. The molecule has 94 valence electrons. The summed E-state index contributed by atoms with van der Waals surface area (Å²) in [6.45, 7) is 7.84. The van der Waals surface area contributed by atoms with Crippen LogP contribution in [0.25, 0.3) is 0 Å². The smallest absolute Gasteiger partial charge is 0.336 e. The second kappa shape index (κ2) is 5.15. The van der Waals surface area contributed by atoms with Crippen LogP contribution in [0.1, 0.15) is 33.6 Å². The van der Waals surface area contributed by atoms with Crippen LogP contribution < -0.4 is 0 Å². The van der Waals surface area contributed by atoms with Crippen molar-refractivity contribution in [3.8, 4) is 0 Å². The molecule has 4 nitrogen and oxygen atoms in total. The normalized spacial score (nSPS) is 23.3. The minimum Gasteiger partial charge on any atom is -0.479 e. The van der Waals surface area contributed by atoms with Crippen LogP contribution in [-0.2, 0) is 4.79 Å². The Hall–Kier alpha value is -0.610. The number of nitrogens with zero attached hydrogens (tertiary/aromatic N) is 1. The zero-order valence-corrected chi connectivity index (χ0v) is 10.4. The van der Waals surface area contributed by atoms with E-state index in [4.69, 9.17) is 5.11 Å². The van der Waals surface area contributed by atoms with E-state index in [0.29, 0.717) is 5.92 Å². The highest BCUT2D eigenvalue weighted by molar-refractivity contribution is 5.76. The molecule has 16 heavy (non-hydrogen) atoms. The van der Waals surface area contributed by atoms with Gasteiger partial charge < -0.3 is 10.2 Å². The Bertz CT molecular complexity index is 243. The van der Waals surface area contributed by atoms with Crippen molar-refractivity contribution in [3.63, 3.8) is 0 Å². The molecule has 0 radical (unpaired) electrons. The number of aliphatic hydroxyl groups is 1. The first kappa shape index (κ1) is 13.5. The average Bonchev–Trinajstić information content (AvgIpc) is 2.17. The number of β-amino-alcohol motifs (C(OH)–C–C–N with tert-alkyl or cyclic N) is 1. The Morgan fingerprint density at radius 1 is 1.44 bits per heavy atom. The van der Waals surface area contributed by atoms with Gasteiger partial charge in [-0.15, -0.1) is 0 Å². The third kappa shape index (κ3) is 3.46. The Labute approximate surface area is 97.3 Å². The molecule has 1 heterocycles. The van der Waals surface area contributed by atoms with Gasteiger partial charge in [0.15, 0.2) is 5.60 Å². The molecular weight excluding hydrogens is 206 g/mol. The summed E-state index contributed by atoms with van der Waals surface area (Å²) in [4.78, 5) is 12.8. The summed E-state index contributed by atoms with van der Waals surface area (Å²) >= 11 is 0. The number of hydrogen-bond donors (Lipinski definition) is 2. The van der Waals surface area contributed by atoms with Crippen LogP contribution in [0.4, 0.5) is 0 Å². The molecule has 0 amide bonds. The Kier molecular flexibility index (Phi) is 4.33. The van der Waals surface area contributed by atoms with Gasteiger partial charge in [-0.05, 0) is 44.7 Å². The molecule has 2 N–H and O–H groups in total. The van der Waals surface area contributed by atoms with Crippen LogP contribution in [0.3, 0.4) is 0 Å². The van der Waals surface area contributed by atoms with Crippen molar-refractivity contribution in [2.75, 3.05) is 19.6 Å². The van der Waals surface area contributed by atoms with Gasteiger partial charge in [0.25, 0.3) is 0 Å². The van der Waals surface area contributed by atoms with Crippen LogP contribution in [0.15, 0.2) is 0 Å². The van der Waals surface area contributed by atoms with E-state index < -0.39 is 11.6 Å². The summed E-state index contributed by atoms with van der Waals surface area (Å²) in [7, 11) is 0. The van der Waals surface area contributed by atoms with E-state index in [1.807, 2.05) is 4.90 Å². The highest BCUT2D eigenvalue weighted by Crippen LogP contribution is 2.25. The monoisotopic (exact) mass is 229 g/mol. The number of carboxylic acid groups (broad SMARTS) is 1. The van der Waals surface area contributed by atoms with Crippen LogP contribution >= 0.6 is 0 Å². The predicted molar refractivity (Wildman–Crippen MR) is 62.3 cm³/mol. The highest BCUT2D eigenvalue weighted by atomic mass is 16.4. The van der Waals surface area contributed by atoms with Gasteiger partial charge in [0.1, 0.15) is 0 Å². The van der Waals surface area contributed by atoms with E-state index in [-0.39, 0.29) is 6.54 Å². The summed E-state index contributed by atoms with van der Waals surface area (Å²) in [5.74, 6) is 0.298. The SMILES string of the molecule is CC(C)C1CCN(CC(C)(O)C(=O)O)CC1. The summed E-state index contributed by atoms with van der Waals surface area (Å²) in [6.07, 6.45) is 2.21. The van der Waals surface area contributed by atoms with E-state index in [1.165, 1.54) is 6.92 Å². The van der Waals surface area contributed by atoms with Gasteiger partial charge >= 0.3 is 5.97 Å². The fourth-order valence-electron chi connectivity index (χ4n) is 2.28. The van der Waals surface area contributed by atoms with Gasteiger partial charge in [-0.25, -0.2) is 4.79 Å². The topological polar surface area (TPSA) is 60.8 Å². The highest BCUT2D eigenvalue weighted by Gasteiger charge is 2.33. The number of aliphatic carboxylic acids is 1. The second-order valence-corrected chi connectivity index (χ2v) is 5.44. The van der Waals surface area contributed by atoms with Crippen molar-refractivity contribution < 1.29 is 15.0 Å². The van der Waals surface area contributed by atoms with Crippen molar-refractivity contribution in [3.05, 3.63) is 0 Å². The zero-order valence-electron chi connectivity index (χ0n) is 10.4. The molecule has 0 aromatic carbocycles. The third-order valence-corrected chi connectivity index (χ3v) is 3.57. The molecule has 0 aliphatic carbocycles. The lowest BCUT2D eigenvalue weighted by Crippen LogP contribution is -2.49. The first-order valence-corrected chi connectivity index (χ1v) is 6.01. The molecule has 0 saturated carbocycles. The minimum atomic E-state index is -1.62. The molecule has 0 aromatic heterocycles. The van der Waals surface area contributed by atoms with Crippen molar-refractivity contribution >= 4 is 5.97 Å². The van der Waals surface area contributed by atoms with Gasteiger partial charge in [-0.3, -0.25) is 4.90 Å². The predicted octanol–water partition coefficient (Wildman–Crippen LogP) is 1.19. The molecule has 1 atom stereocenters. The fraction of sp³-hybridized carbons (Fsp3) is 0.917. The van der Waals surface area contributed by atoms with Gasteiger partial charge in [-0.1, -0.05) is 13.8 Å². The largest absolute Gasteiger partial charge is 0.479 e. The summed E-state index contributed by atoms with van der Waals surface area (Å²) in [5.41, 5.74) is -1.62. The zero-order chi connectivity index (χ0) is 12.3. The molecule has 1 fully saturated rings. The minimum absolute atomic E-state index is 0.229. The number of carboxylic acids is 1. The van der Waals surface area contributed by atoms with Crippen molar-refractivity contribution in [1.82, 2.24) is 4.90 Å². The average molecular weight is 229 g/mol. The summed E-state index contributed by atoms with van der Waals surface area (Å²) < 4.78 is 0. The van der Waals surface area contributed by atoms with Gasteiger partial charge in [-0.2, -0.15) is 0 Å². The Morgan fingerprint density at radius 3 is 2.31 bits per heavy atom. The lowest BCUT2D eigenvalue weighted by molar-refractivity contribution is -0.158. The Morgan fingerprint density at radius 2 is 1.94 bits per heavy atom. The quantitative estimate of drug-likeness (QED) is 0.760. The first-order valence-electron chi connectivity index (χ1n) is 6.01. The molecule has 4 heteroatoms. The van der Waals surface area contributed by atoms with E-state index in [0.717, 1.165) is 31.8 Å². The molecule has 1 saturated heterocycles. The van der Waals surface area contributed by atoms with E-state index in [2.05, 4.69) is 13.8 Å². The number of carbonyl (C=O) groups is 1. The molecule has 1 aliphatic heterocycles. The van der Waals surface area contributed by atoms with E-state index in [9.17, 15) is 9.90 Å². The molecule has 0 aromatic rings. The number of hydrogen-bond acceptors (Lipinski definition) is 3. The molecule has 0 spiro atoms. The number of piperidine rings is 1.